The Morgan fingerprint density at radius 2 is 1.76 bits per heavy atom. The highest BCUT2D eigenvalue weighted by molar-refractivity contribution is 7.19. The first kappa shape index (κ1) is 25.9. The summed E-state index contributed by atoms with van der Waals surface area (Å²) in [7, 11) is 0. The van der Waals surface area contributed by atoms with Crippen LogP contribution in [0, 0.1) is 5.92 Å². The number of benzene rings is 2. The number of Topliss-reactive ketones (excluding diaryl/α,β-unsaturated/α-hetero) is 1. The molecule has 3 aromatic rings. The summed E-state index contributed by atoms with van der Waals surface area (Å²) in [6.45, 7) is 4.32. The van der Waals surface area contributed by atoms with Crippen molar-refractivity contribution in [3.8, 4) is 0 Å². The third-order valence-corrected chi connectivity index (χ3v) is 7.01. The van der Waals surface area contributed by atoms with E-state index in [1.807, 2.05) is 0 Å². The molecule has 0 aliphatic carbocycles. The summed E-state index contributed by atoms with van der Waals surface area (Å²) in [6, 6.07) is 9.01. The molecule has 0 radical (unpaired) electrons. The fraction of sp³-hybridized carbons (Fsp3) is 0.385. The van der Waals surface area contributed by atoms with Crippen LogP contribution < -0.4 is 5.73 Å². The van der Waals surface area contributed by atoms with Crippen LogP contribution >= 0.6 is 11.3 Å². The molecule has 0 fully saturated rings. The minimum absolute atomic E-state index is 0.0130. The Balaban J connectivity index is 1.83. The van der Waals surface area contributed by atoms with Crippen LogP contribution in [-0.4, -0.2) is 16.9 Å². The van der Waals surface area contributed by atoms with Crippen LogP contribution in [0.3, 0.4) is 0 Å². The van der Waals surface area contributed by atoms with E-state index < -0.39 is 17.7 Å². The summed E-state index contributed by atoms with van der Waals surface area (Å²) >= 11 is 1.32. The molecule has 0 aliphatic rings. The van der Waals surface area contributed by atoms with Gasteiger partial charge in [-0.3, -0.25) is 9.59 Å². The number of hydrogen-bond acceptors (Lipinski definition) is 4. The van der Waals surface area contributed by atoms with Crippen LogP contribution in [0.15, 0.2) is 36.4 Å². The number of hydrogen-bond donors (Lipinski definition) is 2. The maximum absolute atomic E-state index is 13.2. The summed E-state index contributed by atoms with van der Waals surface area (Å²) in [5.74, 6) is -0.658. The number of aliphatic carboxylic acids is 1. The van der Waals surface area contributed by atoms with Gasteiger partial charge in [0.15, 0.2) is 5.78 Å². The quantitative estimate of drug-likeness (QED) is 0.321. The van der Waals surface area contributed by atoms with E-state index in [4.69, 9.17) is 10.8 Å². The van der Waals surface area contributed by atoms with Crippen molar-refractivity contribution in [1.82, 2.24) is 0 Å². The molecule has 0 aliphatic heterocycles. The molecular formula is C26H28F3NO3S. The number of carbonyl (C=O) groups is 2. The van der Waals surface area contributed by atoms with Gasteiger partial charge in [-0.25, -0.2) is 0 Å². The topological polar surface area (TPSA) is 80.4 Å². The smallest absolute Gasteiger partial charge is 0.416 e. The van der Waals surface area contributed by atoms with Crippen LogP contribution in [0.4, 0.5) is 13.2 Å². The third-order valence-electron chi connectivity index (χ3n) is 5.75. The van der Waals surface area contributed by atoms with Crippen molar-refractivity contribution in [2.75, 3.05) is 0 Å². The van der Waals surface area contributed by atoms with Gasteiger partial charge in [0.25, 0.3) is 0 Å². The van der Waals surface area contributed by atoms with Crippen molar-refractivity contribution in [1.29, 1.82) is 0 Å². The van der Waals surface area contributed by atoms with Crippen molar-refractivity contribution in [3.63, 3.8) is 0 Å². The average Bonchev–Trinajstić information content (AvgIpc) is 3.11. The molecule has 0 spiro atoms. The number of nitrogens with two attached hydrogens (primary N) is 1. The van der Waals surface area contributed by atoms with Crippen LogP contribution in [0.2, 0.25) is 0 Å². The van der Waals surface area contributed by atoms with Gasteiger partial charge in [-0.05, 0) is 65.5 Å². The van der Waals surface area contributed by atoms with E-state index in [1.165, 1.54) is 17.4 Å². The molecule has 8 heteroatoms. The van der Waals surface area contributed by atoms with E-state index in [1.54, 1.807) is 24.3 Å². The average molecular weight is 492 g/mol. The van der Waals surface area contributed by atoms with Gasteiger partial charge in [-0.2, -0.15) is 13.2 Å². The third kappa shape index (κ3) is 6.24. The first-order valence-electron chi connectivity index (χ1n) is 11.2. The number of thiophene rings is 1. The van der Waals surface area contributed by atoms with Crippen molar-refractivity contribution in [3.05, 3.63) is 69.1 Å². The van der Waals surface area contributed by atoms with Crippen molar-refractivity contribution >= 4 is 33.2 Å². The van der Waals surface area contributed by atoms with Crippen molar-refractivity contribution in [2.24, 2.45) is 11.7 Å². The lowest BCUT2D eigenvalue weighted by molar-refractivity contribution is -0.138. The van der Waals surface area contributed by atoms with E-state index in [0.29, 0.717) is 29.0 Å². The fourth-order valence-corrected chi connectivity index (χ4v) is 5.33. The van der Waals surface area contributed by atoms with Gasteiger partial charge in [0.05, 0.1) is 5.56 Å². The van der Waals surface area contributed by atoms with Gasteiger partial charge in [-0.15, -0.1) is 11.3 Å². The Bertz CT molecular complexity index is 1200. The number of ketones is 1. The Hall–Kier alpha value is -2.71. The highest BCUT2D eigenvalue weighted by Gasteiger charge is 2.31. The lowest BCUT2D eigenvalue weighted by atomic mass is 9.95. The summed E-state index contributed by atoms with van der Waals surface area (Å²) < 4.78 is 40.1. The first-order valence-corrected chi connectivity index (χ1v) is 12.0. The number of alkyl halides is 3. The molecule has 1 aromatic heterocycles. The minimum atomic E-state index is -4.40. The summed E-state index contributed by atoms with van der Waals surface area (Å²) in [5.41, 5.74) is 8.21. The second-order valence-corrected chi connectivity index (χ2v) is 9.95. The molecule has 0 saturated carbocycles. The van der Waals surface area contributed by atoms with Crippen LogP contribution in [0.5, 0.6) is 0 Å². The lowest BCUT2D eigenvalue weighted by Gasteiger charge is -2.10. The zero-order valence-electron chi connectivity index (χ0n) is 19.2. The summed E-state index contributed by atoms with van der Waals surface area (Å²) in [5, 5.41) is 9.73. The zero-order valence-corrected chi connectivity index (χ0v) is 20.0. The molecule has 0 bridgehead atoms. The van der Waals surface area contributed by atoms with Gasteiger partial charge < -0.3 is 10.8 Å². The molecule has 0 atom stereocenters. The van der Waals surface area contributed by atoms with Gasteiger partial charge in [0.1, 0.15) is 0 Å². The summed E-state index contributed by atoms with van der Waals surface area (Å²) in [6.07, 6.45) is -2.67. The highest BCUT2D eigenvalue weighted by Crippen LogP contribution is 2.38. The molecular weight excluding hydrogens is 463 g/mol. The zero-order chi connectivity index (χ0) is 25.0. The van der Waals surface area contributed by atoms with Crippen LogP contribution in [-0.2, 0) is 36.8 Å². The van der Waals surface area contributed by atoms with E-state index in [9.17, 15) is 22.8 Å². The molecule has 3 N–H and O–H groups in total. The number of carboxylic acid groups (broad SMARTS) is 1. The number of carboxylic acids is 1. The maximum atomic E-state index is 13.2. The number of rotatable bonds is 10. The Morgan fingerprint density at radius 1 is 1.03 bits per heavy atom. The molecule has 1 heterocycles. The predicted octanol–water partition coefficient (Wildman–Crippen LogP) is 6.41. The largest absolute Gasteiger partial charge is 0.481 e. The van der Waals surface area contributed by atoms with E-state index in [-0.39, 0.29) is 25.2 Å². The predicted molar refractivity (Wildman–Crippen MR) is 128 cm³/mol. The molecule has 2 aromatic carbocycles. The van der Waals surface area contributed by atoms with Gasteiger partial charge in [0.2, 0.25) is 0 Å². The highest BCUT2D eigenvalue weighted by atomic mass is 32.1. The van der Waals surface area contributed by atoms with Crippen molar-refractivity contribution < 1.29 is 27.9 Å². The molecule has 34 heavy (non-hydrogen) atoms. The lowest BCUT2D eigenvalue weighted by Crippen LogP contribution is -2.08. The van der Waals surface area contributed by atoms with Crippen molar-refractivity contribution in [2.45, 2.75) is 58.7 Å². The SMILES string of the molecule is CC(C)Cc1c(CCC(=O)c2ccc(CCC(=O)O)c(CN)c2)sc2cc(C(F)(F)F)ccc12. The van der Waals surface area contributed by atoms with E-state index >= 15 is 0 Å². The Labute approximate surface area is 200 Å². The number of fused-ring (bicyclic) bond motifs is 1. The standard InChI is InChI=1S/C26H28F3NO3S/c1-15(2)11-21-20-7-6-19(26(27,28)29)13-24(20)34-23(21)9-8-22(31)17-4-3-16(5-10-25(32)33)18(12-17)14-30/h3-4,6-7,12-13,15H,5,8-11,14,30H2,1-2H3,(H,32,33). The maximum Gasteiger partial charge on any atom is 0.416 e. The van der Waals surface area contributed by atoms with Gasteiger partial charge in [-0.1, -0.05) is 32.0 Å². The second-order valence-electron chi connectivity index (χ2n) is 8.81. The minimum Gasteiger partial charge on any atom is -0.481 e. The number of carbonyl (C=O) groups excluding carboxylic acids is 1. The molecule has 0 unspecified atom stereocenters. The second kappa shape index (κ2) is 10.7. The van der Waals surface area contributed by atoms with Crippen LogP contribution in [0.25, 0.3) is 10.1 Å². The summed E-state index contributed by atoms with van der Waals surface area (Å²) in [4.78, 5) is 24.7. The fourth-order valence-electron chi connectivity index (χ4n) is 4.06. The Morgan fingerprint density at radius 3 is 2.38 bits per heavy atom. The molecule has 0 saturated heterocycles. The molecule has 4 nitrogen and oxygen atoms in total. The first-order chi connectivity index (χ1) is 16.0. The molecule has 182 valence electrons. The van der Waals surface area contributed by atoms with E-state index in [0.717, 1.165) is 39.4 Å². The number of halogens is 3. The van der Waals surface area contributed by atoms with E-state index in [2.05, 4.69) is 13.8 Å². The normalized spacial score (nSPS) is 12.0. The monoisotopic (exact) mass is 491 g/mol. The van der Waals surface area contributed by atoms with Gasteiger partial charge in [0, 0.05) is 34.5 Å². The Kier molecular flexibility index (Phi) is 8.15. The van der Waals surface area contributed by atoms with Gasteiger partial charge >= 0.3 is 12.1 Å². The molecule has 3 rings (SSSR count). The molecule has 0 amide bonds. The number of aryl methyl sites for hydroxylation is 2. The van der Waals surface area contributed by atoms with Crippen LogP contribution in [0.1, 0.15) is 64.2 Å².